The van der Waals surface area contributed by atoms with Crippen molar-refractivity contribution in [3.8, 4) is 5.75 Å². The minimum Gasteiger partial charge on any atom is -0.496 e. The molecule has 0 unspecified atom stereocenters. The van der Waals surface area contributed by atoms with Crippen LogP contribution in [-0.2, 0) is 0 Å². The molecule has 0 fully saturated rings. The van der Waals surface area contributed by atoms with Crippen molar-refractivity contribution in [2.75, 3.05) is 44.9 Å². The van der Waals surface area contributed by atoms with E-state index in [0.29, 0.717) is 5.95 Å². The van der Waals surface area contributed by atoms with Crippen LogP contribution in [-0.4, -0.2) is 44.3 Å². The van der Waals surface area contributed by atoms with E-state index in [0.717, 1.165) is 41.6 Å². The van der Waals surface area contributed by atoms with E-state index < -0.39 is 0 Å². The Morgan fingerprint density at radius 2 is 1.92 bits per heavy atom. The monoisotopic (exact) mass is 344 g/mol. The van der Waals surface area contributed by atoms with Crippen LogP contribution in [0.5, 0.6) is 5.75 Å². The van der Waals surface area contributed by atoms with Gasteiger partial charge in [0.1, 0.15) is 11.6 Å². The van der Waals surface area contributed by atoms with E-state index in [1.807, 2.05) is 39.2 Å². The van der Waals surface area contributed by atoms with E-state index in [-0.39, 0.29) is 6.04 Å². The second-order valence-corrected chi connectivity index (χ2v) is 5.83. The molecule has 0 saturated heterocycles. The van der Waals surface area contributed by atoms with E-state index in [9.17, 15) is 0 Å². The molecule has 4 N–H and O–H groups in total. The molecule has 1 aromatic carbocycles. The molecule has 2 rings (SSSR count). The molecule has 0 bridgehead atoms. The number of nitrogens with zero attached hydrogens (tertiary/aromatic N) is 2. The smallest absolute Gasteiger partial charge is 0.229 e. The summed E-state index contributed by atoms with van der Waals surface area (Å²) in [4.78, 5) is 8.87. The molecule has 7 nitrogen and oxygen atoms in total. The number of aryl methyl sites for hydroxylation is 1. The third-order valence-electron chi connectivity index (χ3n) is 3.89. The van der Waals surface area contributed by atoms with Crippen molar-refractivity contribution in [2.45, 2.75) is 19.9 Å². The van der Waals surface area contributed by atoms with Crippen LogP contribution in [0.15, 0.2) is 24.3 Å². The van der Waals surface area contributed by atoms with Gasteiger partial charge in [0, 0.05) is 49.2 Å². The summed E-state index contributed by atoms with van der Waals surface area (Å²) in [7, 11) is 5.48. The lowest BCUT2D eigenvalue weighted by Crippen LogP contribution is -2.27. The number of likely N-dealkylation sites (N-methyl/N-ethyl adjacent to an activating group) is 1. The highest BCUT2D eigenvalue weighted by Crippen LogP contribution is 2.29. The summed E-state index contributed by atoms with van der Waals surface area (Å²) in [6, 6.07) is 8.06. The van der Waals surface area contributed by atoms with Gasteiger partial charge in [0.2, 0.25) is 5.95 Å². The molecule has 25 heavy (non-hydrogen) atoms. The van der Waals surface area contributed by atoms with Crippen molar-refractivity contribution in [1.29, 1.82) is 0 Å². The Hall–Kier alpha value is -2.38. The molecule has 1 atom stereocenters. The van der Waals surface area contributed by atoms with Crippen molar-refractivity contribution >= 4 is 17.5 Å². The normalized spacial score (nSPS) is 11.9. The van der Waals surface area contributed by atoms with E-state index in [1.165, 1.54) is 0 Å². The number of methoxy groups -OCH3 is 1. The fourth-order valence-corrected chi connectivity index (χ4v) is 2.56. The minimum absolute atomic E-state index is 0.163. The zero-order valence-corrected chi connectivity index (χ0v) is 15.6. The van der Waals surface area contributed by atoms with E-state index in [4.69, 9.17) is 4.74 Å². The third kappa shape index (κ3) is 5.30. The SMILES string of the molecule is CNCCN[C@H](C)c1cc(Nc2nc(C)cc(NC)n2)ccc1OC. The zero-order valence-electron chi connectivity index (χ0n) is 15.6. The van der Waals surface area contributed by atoms with Crippen LogP contribution in [0.3, 0.4) is 0 Å². The summed E-state index contributed by atoms with van der Waals surface area (Å²) in [5.41, 5.74) is 2.91. The summed E-state index contributed by atoms with van der Waals surface area (Å²) in [5.74, 6) is 2.21. The topological polar surface area (TPSA) is 83.1 Å². The highest BCUT2D eigenvalue weighted by molar-refractivity contribution is 5.59. The second-order valence-electron chi connectivity index (χ2n) is 5.83. The molecule has 0 saturated carbocycles. The zero-order chi connectivity index (χ0) is 18.2. The van der Waals surface area contributed by atoms with Gasteiger partial charge in [-0.3, -0.25) is 0 Å². The van der Waals surface area contributed by atoms with Crippen LogP contribution in [0.2, 0.25) is 0 Å². The Morgan fingerprint density at radius 3 is 2.60 bits per heavy atom. The third-order valence-corrected chi connectivity index (χ3v) is 3.89. The molecular weight excluding hydrogens is 316 g/mol. The van der Waals surface area contributed by atoms with Crippen LogP contribution < -0.4 is 26.0 Å². The van der Waals surface area contributed by atoms with Crippen molar-refractivity contribution in [2.24, 2.45) is 0 Å². The first kappa shape index (κ1) is 19.0. The van der Waals surface area contributed by atoms with Gasteiger partial charge < -0.3 is 26.0 Å². The largest absolute Gasteiger partial charge is 0.496 e. The average Bonchev–Trinajstić information content (AvgIpc) is 2.61. The van der Waals surface area contributed by atoms with E-state index in [1.54, 1.807) is 7.11 Å². The first-order valence-corrected chi connectivity index (χ1v) is 8.43. The summed E-state index contributed by atoms with van der Waals surface area (Å²) in [6.45, 7) is 5.86. The van der Waals surface area contributed by atoms with Crippen molar-refractivity contribution < 1.29 is 4.74 Å². The van der Waals surface area contributed by atoms with Crippen molar-refractivity contribution in [3.63, 3.8) is 0 Å². The number of hydrogen-bond acceptors (Lipinski definition) is 7. The molecular formula is C18H28N6O. The minimum atomic E-state index is 0.163. The average molecular weight is 344 g/mol. The maximum Gasteiger partial charge on any atom is 0.229 e. The maximum absolute atomic E-state index is 5.51. The highest BCUT2D eigenvalue weighted by atomic mass is 16.5. The van der Waals surface area contributed by atoms with Crippen molar-refractivity contribution in [1.82, 2.24) is 20.6 Å². The molecule has 7 heteroatoms. The Balaban J connectivity index is 2.21. The molecule has 0 amide bonds. The number of hydrogen-bond donors (Lipinski definition) is 4. The van der Waals surface area contributed by atoms with Gasteiger partial charge >= 0.3 is 0 Å². The molecule has 0 radical (unpaired) electrons. The Bertz CT molecular complexity index is 691. The second kappa shape index (κ2) is 9.19. The maximum atomic E-state index is 5.51. The van der Waals surface area contributed by atoms with Crippen LogP contribution >= 0.6 is 0 Å². The van der Waals surface area contributed by atoms with Gasteiger partial charge in [-0.2, -0.15) is 4.98 Å². The number of nitrogens with one attached hydrogen (secondary N) is 4. The number of rotatable bonds is 9. The van der Waals surface area contributed by atoms with Gasteiger partial charge in [-0.25, -0.2) is 4.98 Å². The van der Waals surface area contributed by atoms with E-state index >= 15 is 0 Å². The summed E-state index contributed by atoms with van der Waals surface area (Å²) < 4.78 is 5.51. The lowest BCUT2D eigenvalue weighted by atomic mass is 10.1. The van der Waals surface area contributed by atoms with Crippen LogP contribution in [0.1, 0.15) is 24.2 Å². The molecule has 2 aromatic rings. The van der Waals surface area contributed by atoms with E-state index in [2.05, 4.69) is 44.2 Å². The first-order valence-electron chi connectivity index (χ1n) is 8.43. The Kier molecular flexibility index (Phi) is 6.97. The van der Waals surface area contributed by atoms with Gasteiger partial charge in [0.25, 0.3) is 0 Å². The molecule has 0 aliphatic carbocycles. The van der Waals surface area contributed by atoms with Gasteiger partial charge in [0.05, 0.1) is 7.11 Å². The summed E-state index contributed by atoms with van der Waals surface area (Å²) >= 11 is 0. The Morgan fingerprint density at radius 1 is 1.12 bits per heavy atom. The summed E-state index contributed by atoms with van der Waals surface area (Å²) in [6.07, 6.45) is 0. The molecule has 0 aliphatic rings. The van der Waals surface area contributed by atoms with Gasteiger partial charge in [-0.1, -0.05) is 0 Å². The predicted molar refractivity (Wildman–Crippen MR) is 103 cm³/mol. The molecule has 1 heterocycles. The standard InChI is InChI=1S/C18H28N6O/c1-12-10-17(20-4)24-18(22-12)23-14-6-7-16(25-5)15(11-14)13(2)21-9-8-19-3/h6-7,10-11,13,19,21H,8-9H2,1-5H3,(H2,20,22,23,24)/t13-/m1/s1. The molecule has 0 aliphatic heterocycles. The molecule has 1 aromatic heterocycles. The quantitative estimate of drug-likeness (QED) is 0.520. The molecule has 0 spiro atoms. The number of anilines is 3. The lowest BCUT2D eigenvalue weighted by molar-refractivity contribution is 0.402. The fourth-order valence-electron chi connectivity index (χ4n) is 2.56. The number of benzene rings is 1. The van der Waals surface area contributed by atoms with Gasteiger partial charge in [0.15, 0.2) is 0 Å². The van der Waals surface area contributed by atoms with Crippen LogP contribution in [0, 0.1) is 6.92 Å². The molecule has 136 valence electrons. The Labute approximate surface area is 149 Å². The van der Waals surface area contributed by atoms with Crippen LogP contribution in [0.25, 0.3) is 0 Å². The first-order chi connectivity index (χ1) is 12.1. The fraction of sp³-hybridized carbons (Fsp3) is 0.444. The highest BCUT2D eigenvalue weighted by Gasteiger charge is 2.12. The lowest BCUT2D eigenvalue weighted by Gasteiger charge is -2.19. The van der Waals surface area contributed by atoms with Gasteiger partial charge in [-0.05, 0) is 39.1 Å². The van der Waals surface area contributed by atoms with Crippen LogP contribution in [0.4, 0.5) is 17.5 Å². The predicted octanol–water partition coefficient (Wildman–Crippen LogP) is 2.45. The van der Waals surface area contributed by atoms with Gasteiger partial charge in [-0.15, -0.1) is 0 Å². The number of aromatic nitrogens is 2. The summed E-state index contributed by atoms with van der Waals surface area (Å²) in [5, 5.41) is 12.9. The number of ether oxygens (including phenoxy) is 1. The van der Waals surface area contributed by atoms with Crippen molar-refractivity contribution in [3.05, 3.63) is 35.5 Å².